The summed E-state index contributed by atoms with van der Waals surface area (Å²) in [6.45, 7) is 2.22. The number of hydrogen-bond donors (Lipinski definition) is 1. The van der Waals surface area contributed by atoms with Crippen molar-refractivity contribution in [3.63, 3.8) is 0 Å². The van der Waals surface area contributed by atoms with E-state index in [0.717, 1.165) is 42.0 Å². The van der Waals surface area contributed by atoms with Crippen molar-refractivity contribution in [2.75, 3.05) is 25.5 Å². The lowest BCUT2D eigenvalue weighted by Crippen LogP contribution is -2.32. The van der Waals surface area contributed by atoms with E-state index in [9.17, 15) is 9.59 Å². The molecule has 0 saturated carbocycles. The maximum atomic E-state index is 13.1. The van der Waals surface area contributed by atoms with Gasteiger partial charge in [0.25, 0.3) is 0 Å². The van der Waals surface area contributed by atoms with E-state index < -0.39 is 0 Å². The Morgan fingerprint density at radius 2 is 1.94 bits per heavy atom. The Morgan fingerprint density at radius 3 is 2.78 bits per heavy atom. The number of H-pyrrole nitrogens is 1. The van der Waals surface area contributed by atoms with E-state index in [0.29, 0.717) is 24.9 Å². The van der Waals surface area contributed by atoms with E-state index in [-0.39, 0.29) is 23.4 Å². The summed E-state index contributed by atoms with van der Waals surface area (Å²) in [4.78, 5) is 27.2. The van der Waals surface area contributed by atoms with Crippen LogP contribution in [0.25, 0.3) is 0 Å². The summed E-state index contributed by atoms with van der Waals surface area (Å²) in [6, 6.07) is 15.7. The van der Waals surface area contributed by atoms with Gasteiger partial charge in [-0.2, -0.15) is 0 Å². The average Bonchev–Trinajstić information content (AvgIpc) is 3.45. The molecule has 1 atom stereocenters. The second-order valence-electron chi connectivity index (χ2n) is 7.82. The maximum absolute atomic E-state index is 13.1. The SMILES string of the molecule is O=C(CSc1n[nH]c(=O)n1Cc1ccccc1)N1CCC[C@H]1c1ccc2c(c1)OCCO2. The summed E-state index contributed by atoms with van der Waals surface area (Å²) < 4.78 is 12.9. The fourth-order valence-corrected chi connectivity index (χ4v) is 5.04. The van der Waals surface area contributed by atoms with Crippen molar-refractivity contribution in [1.29, 1.82) is 0 Å². The fraction of sp³-hybridized carbons (Fsp3) is 0.348. The number of carbonyl (C=O) groups is 1. The van der Waals surface area contributed by atoms with Crippen LogP contribution in [0.5, 0.6) is 11.5 Å². The second kappa shape index (κ2) is 9.12. The Balaban J connectivity index is 1.27. The predicted octanol–water partition coefficient (Wildman–Crippen LogP) is 2.85. The van der Waals surface area contributed by atoms with Crippen molar-refractivity contribution >= 4 is 17.7 Å². The summed E-state index contributed by atoms with van der Waals surface area (Å²) in [5.74, 6) is 1.75. The van der Waals surface area contributed by atoms with Gasteiger partial charge >= 0.3 is 5.69 Å². The molecule has 9 heteroatoms. The van der Waals surface area contributed by atoms with Gasteiger partial charge in [-0.3, -0.25) is 9.36 Å². The molecular formula is C23H24N4O4S. The van der Waals surface area contributed by atoms with Crippen LogP contribution in [0.2, 0.25) is 0 Å². The van der Waals surface area contributed by atoms with Crippen LogP contribution >= 0.6 is 11.8 Å². The minimum Gasteiger partial charge on any atom is -0.486 e. The molecule has 0 bridgehead atoms. The number of nitrogens with zero attached hydrogens (tertiary/aromatic N) is 3. The van der Waals surface area contributed by atoms with Crippen LogP contribution in [-0.4, -0.2) is 51.1 Å². The lowest BCUT2D eigenvalue weighted by molar-refractivity contribution is -0.129. The third kappa shape index (κ3) is 4.25. The zero-order chi connectivity index (χ0) is 21.9. The second-order valence-corrected chi connectivity index (χ2v) is 8.76. The van der Waals surface area contributed by atoms with Crippen molar-refractivity contribution in [3.8, 4) is 11.5 Å². The normalized spacial score (nSPS) is 17.5. The van der Waals surface area contributed by atoms with Crippen LogP contribution < -0.4 is 15.2 Å². The summed E-state index contributed by atoms with van der Waals surface area (Å²) in [7, 11) is 0. The molecule has 32 heavy (non-hydrogen) atoms. The van der Waals surface area contributed by atoms with Crippen LogP contribution in [-0.2, 0) is 11.3 Å². The smallest absolute Gasteiger partial charge is 0.344 e. The van der Waals surface area contributed by atoms with Gasteiger partial charge in [-0.05, 0) is 36.1 Å². The molecular weight excluding hydrogens is 428 g/mol. The fourth-order valence-electron chi connectivity index (χ4n) is 4.21. The summed E-state index contributed by atoms with van der Waals surface area (Å²) in [6.07, 6.45) is 1.87. The van der Waals surface area contributed by atoms with E-state index >= 15 is 0 Å². The van der Waals surface area contributed by atoms with Crippen molar-refractivity contribution in [3.05, 3.63) is 70.1 Å². The van der Waals surface area contributed by atoms with E-state index in [1.54, 1.807) is 4.57 Å². The Morgan fingerprint density at radius 1 is 1.12 bits per heavy atom. The standard InChI is InChI=1S/C23H24N4O4S/c28-21(15-32-23-25-24-22(29)27(23)14-16-5-2-1-3-6-16)26-10-4-7-18(26)17-8-9-19-20(13-17)31-12-11-30-19/h1-3,5-6,8-9,13,18H,4,7,10-12,14-15H2,(H,24,29)/t18-/m0/s1. The molecule has 3 heterocycles. The Kier molecular flexibility index (Phi) is 5.89. The molecule has 0 spiro atoms. The number of likely N-dealkylation sites (tertiary alicyclic amines) is 1. The summed E-state index contributed by atoms with van der Waals surface area (Å²) >= 11 is 1.29. The minimum atomic E-state index is -0.279. The van der Waals surface area contributed by atoms with Crippen LogP contribution in [0.3, 0.4) is 0 Å². The summed E-state index contributed by atoms with van der Waals surface area (Å²) in [5, 5.41) is 7.14. The third-order valence-corrected chi connectivity index (χ3v) is 6.72. The molecule has 166 valence electrons. The van der Waals surface area contributed by atoms with Gasteiger partial charge in [-0.15, -0.1) is 5.10 Å². The molecule has 0 radical (unpaired) electrons. The highest BCUT2D eigenvalue weighted by Crippen LogP contribution is 2.38. The first-order chi connectivity index (χ1) is 15.7. The van der Waals surface area contributed by atoms with Gasteiger partial charge in [-0.1, -0.05) is 48.2 Å². The highest BCUT2D eigenvalue weighted by Gasteiger charge is 2.31. The van der Waals surface area contributed by atoms with Gasteiger partial charge in [0.15, 0.2) is 16.7 Å². The van der Waals surface area contributed by atoms with Crippen molar-refractivity contribution < 1.29 is 14.3 Å². The molecule has 1 amide bonds. The number of benzene rings is 2. The Bertz CT molecular complexity index is 1160. The van der Waals surface area contributed by atoms with Crippen molar-refractivity contribution in [2.24, 2.45) is 0 Å². The lowest BCUT2D eigenvalue weighted by atomic mass is 10.0. The van der Waals surface area contributed by atoms with E-state index in [2.05, 4.69) is 10.2 Å². The average molecular weight is 453 g/mol. The number of aromatic amines is 1. The minimum absolute atomic E-state index is 0.0182. The zero-order valence-corrected chi connectivity index (χ0v) is 18.3. The van der Waals surface area contributed by atoms with Gasteiger partial charge < -0.3 is 14.4 Å². The van der Waals surface area contributed by atoms with Gasteiger partial charge in [-0.25, -0.2) is 9.89 Å². The van der Waals surface area contributed by atoms with Gasteiger partial charge in [0.1, 0.15) is 13.2 Å². The molecule has 1 N–H and O–H groups in total. The van der Waals surface area contributed by atoms with Gasteiger partial charge in [0, 0.05) is 6.54 Å². The molecule has 5 rings (SSSR count). The lowest BCUT2D eigenvalue weighted by Gasteiger charge is -2.26. The first-order valence-corrected chi connectivity index (χ1v) is 11.7. The number of ether oxygens (including phenoxy) is 2. The first-order valence-electron chi connectivity index (χ1n) is 10.7. The number of aromatic nitrogens is 3. The molecule has 0 aliphatic carbocycles. The molecule has 8 nitrogen and oxygen atoms in total. The van der Waals surface area contributed by atoms with Crippen molar-refractivity contribution in [2.45, 2.75) is 30.6 Å². The highest BCUT2D eigenvalue weighted by molar-refractivity contribution is 7.99. The first kappa shape index (κ1) is 20.7. The van der Waals surface area contributed by atoms with Crippen molar-refractivity contribution in [1.82, 2.24) is 19.7 Å². The molecule has 0 unspecified atom stereocenters. The van der Waals surface area contributed by atoms with Gasteiger partial charge in [0.05, 0.1) is 18.3 Å². The third-order valence-electron chi connectivity index (χ3n) is 5.76. The number of fused-ring (bicyclic) bond motifs is 1. The number of thioether (sulfide) groups is 1. The molecule has 2 aliphatic rings. The monoisotopic (exact) mass is 452 g/mol. The topological polar surface area (TPSA) is 89.5 Å². The molecule has 2 aromatic carbocycles. The number of hydrogen-bond acceptors (Lipinski definition) is 6. The van der Waals surface area contributed by atoms with E-state index in [4.69, 9.17) is 9.47 Å². The molecule has 1 fully saturated rings. The number of carbonyl (C=O) groups excluding carboxylic acids is 1. The number of rotatable bonds is 6. The molecule has 2 aliphatic heterocycles. The maximum Gasteiger partial charge on any atom is 0.344 e. The molecule has 1 aromatic heterocycles. The molecule has 3 aromatic rings. The summed E-state index contributed by atoms with van der Waals surface area (Å²) in [5.41, 5.74) is 1.78. The Hall–Kier alpha value is -3.20. The molecule has 1 saturated heterocycles. The predicted molar refractivity (Wildman–Crippen MR) is 120 cm³/mol. The highest BCUT2D eigenvalue weighted by atomic mass is 32.2. The van der Waals surface area contributed by atoms with E-state index in [1.807, 2.05) is 53.4 Å². The Labute approximate surface area is 189 Å². The van der Waals surface area contributed by atoms with Gasteiger partial charge in [0.2, 0.25) is 5.91 Å². The number of nitrogens with one attached hydrogen (secondary N) is 1. The van der Waals surface area contributed by atoms with Crippen LogP contribution in [0.4, 0.5) is 0 Å². The number of amides is 1. The van der Waals surface area contributed by atoms with E-state index in [1.165, 1.54) is 11.8 Å². The van der Waals surface area contributed by atoms with Crippen LogP contribution in [0, 0.1) is 0 Å². The van der Waals surface area contributed by atoms with Crippen LogP contribution in [0.15, 0.2) is 58.5 Å². The zero-order valence-electron chi connectivity index (χ0n) is 17.5. The quantitative estimate of drug-likeness (QED) is 0.579. The largest absolute Gasteiger partial charge is 0.486 e. The van der Waals surface area contributed by atoms with Crippen LogP contribution in [0.1, 0.15) is 30.0 Å².